The topological polar surface area (TPSA) is 62.3 Å². The molecule has 1 aliphatic heterocycles. The van der Waals surface area contributed by atoms with Crippen LogP contribution in [0.25, 0.3) is 0 Å². The largest absolute Gasteiger partial charge is 0.348 e. The molecule has 2 amide bonds. The van der Waals surface area contributed by atoms with Gasteiger partial charge < -0.3 is 5.32 Å². The van der Waals surface area contributed by atoms with E-state index < -0.39 is 0 Å². The minimum Gasteiger partial charge on any atom is -0.348 e. The number of nitrogens with zero attached hydrogens (tertiary/aromatic N) is 2. The maximum absolute atomic E-state index is 12.9. The lowest BCUT2D eigenvalue weighted by atomic mass is 10.0. The van der Waals surface area contributed by atoms with Crippen LogP contribution in [-0.4, -0.2) is 23.3 Å². The number of rotatable bonds is 4. The standard InChI is InChI=1S/C19H18ClN3O2/c1-2-17(24)22-12-13-5-7-14(8-6-13)19(25)23-11-3-4-15-16(20)9-10-21-18(15)23/h2,5-10H,1,3-4,11-12H2,(H,22,24). The predicted octanol–water partition coefficient (Wildman–Crippen LogP) is 3.13. The van der Waals surface area contributed by atoms with Gasteiger partial charge in [0, 0.05) is 35.4 Å². The fourth-order valence-corrected chi connectivity index (χ4v) is 3.06. The lowest BCUT2D eigenvalue weighted by Crippen LogP contribution is -2.36. The third-order valence-electron chi connectivity index (χ3n) is 4.14. The summed E-state index contributed by atoms with van der Waals surface area (Å²) in [4.78, 5) is 30.1. The van der Waals surface area contributed by atoms with Crippen molar-refractivity contribution in [1.29, 1.82) is 0 Å². The van der Waals surface area contributed by atoms with Gasteiger partial charge in [-0.1, -0.05) is 30.3 Å². The molecule has 1 aromatic carbocycles. The molecule has 1 N–H and O–H groups in total. The lowest BCUT2D eigenvalue weighted by molar-refractivity contribution is -0.116. The Morgan fingerprint density at radius 3 is 2.76 bits per heavy atom. The molecule has 0 fully saturated rings. The molecule has 0 saturated heterocycles. The number of hydrogen-bond donors (Lipinski definition) is 1. The van der Waals surface area contributed by atoms with Gasteiger partial charge in [0.2, 0.25) is 5.91 Å². The zero-order valence-electron chi connectivity index (χ0n) is 13.7. The van der Waals surface area contributed by atoms with Crippen LogP contribution in [0.3, 0.4) is 0 Å². The lowest BCUT2D eigenvalue weighted by Gasteiger charge is -2.28. The monoisotopic (exact) mass is 355 g/mol. The highest BCUT2D eigenvalue weighted by molar-refractivity contribution is 6.31. The van der Waals surface area contributed by atoms with Crippen LogP contribution in [0.15, 0.2) is 49.2 Å². The van der Waals surface area contributed by atoms with Crippen molar-refractivity contribution >= 4 is 29.2 Å². The third-order valence-corrected chi connectivity index (χ3v) is 4.49. The van der Waals surface area contributed by atoms with E-state index in [1.165, 1.54) is 6.08 Å². The molecule has 25 heavy (non-hydrogen) atoms. The van der Waals surface area contributed by atoms with E-state index in [-0.39, 0.29) is 11.8 Å². The second kappa shape index (κ2) is 7.49. The van der Waals surface area contributed by atoms with Crippen LogP contribution >= 0.6 is 11.6 Å². The summed E-state index contributed by atoms with van der Waals surface area (Å²) in [5, 5.41) is 3.35. The summed E-state index contributed by atoms with van der Waals surface area (Å²) in [6.07, 6.45) is 4.53. The van der Waals surface area contributed by atoms with E-state index in [0.717, 1.165) is 24.0 Å². The highest BCUT2D eigenvalue weighted by Crippen LogP contribution is 2.31. The maximum Gasteiger partial charge on any atom is 0.259 e. The van der Waals surface area contributed by atoms with Crippen molar-refractivity contribution < 1.29 is 9.59 Å². The number of pyridine rings is 1. The summed E-state index contributed by atoms with van der Waals surface area (Å²) in [7, 11) is 0. The number of nitrogens with one attached hydrogen (secondary N) is 1. The Morgan fingerprint density at radius 2 is 2.04 bits per heavy atom. The first kappa shape index (κ1) is 17.2. The minimum absolute atomic E-state index is 0.0996. The van der Waals surface area contributed by atoms with Crippen LogP contribution in [0, 0.1) is 0 Å². The first-order chi connectivity index (χ1) is 12.1. The van der Waals surface area contributed by atoms with Gasteiger partial charge in [0.05, 0.1) is 0 Å². The molecule has 0 radical (unpaired) electrons. The number of fused-ring (bicyclic) bond motifs is 1. The molecule has 2 aromatic rings. The quantitative estimate of drug-likeness (QED) is 0.857. The molecule has 2 heterocycles. The van der Waals surface area contributed by atoms with E-state index >= 15 is 0 Å². The van der Waals surface area contributed by atoms with E-state index in [0.29, 0.717) is 29.5 Å². The van der Waals surface area contributed by atoms with Crippen molar-refractivity contribution in [2.45, 2.75) is 19.4 Å². The Hall–Kier alpha value is -2.66. The van der Waals surface area contributed by atoms with E-state index in [1.807, 2.05) is 12.1 Å². The molecular weight excluding hydrogens is 338 g/mol. The Kier molecular flexibility index (Phi) is 5.14. The van der Waals surface area contributed by atoms with Crippen molar-refractivity contribution in [3.05, 3.63) is 70.9 Å². The van der Waals surface area contributed by atoms with Crippen LogP contribution in [0.2, 0.25) is 5.02 Å². The second-order valence-electron chi connectivity index (χ2n) is 5.77. The number of hydrogen-bond acceptors (Lipinski definition) is 3. The van der Waals surface area contributed by atoms with Gasteiger partial charge in [-0.2, -0.15) is 0 Å². The SMILES string of the molecule is C=CC(=O)NCc1ccc(C(=O)N2CCCc3c(Cl)ccnc32)cc1. The molecule has 1 aliphatic rings. The number of carbonyl (C=O) groups is 2. The second-order valence-corrected chi connectivity index (χ2v) is 6.18. The predicted molar refractivity (Wildman–Crippen MR) is 97.7 cm³/mol. The van der Waals surface area contributed by atoms with Gasteiger partial charge in [-0.15, -0.1) is 0 Å². The molecule has 1 aromatic heterocycles. The average molecular weight is 356 g/mol. The number of benzene rings is 1. The van der Waals surface area contributed by atoms with Gasteiger partial charge in [0.15, 0.2) is 0 Å². The Labute approximate surface area is 151 Å². The molecule has 0 saturated carbocycles. The molecular formula is C19H18ClN3O2. The van der Waals surface area contributed by atoms with Gasteiger partial charge >= 0.3 is 0 Å². The summed E-state index contributed by atoms with van der Waals surface area (Å²) in [5.41, 5.74) is 2.41. The zero-order valence-corrected chi connectivity index (χ0v) is 14.4. The van der Waals surface area contributed by atoms with E-state index in [4.69, 9.17) is 11.6 Å². The first-order valence-corrected chi connectivity index (χ1v) is 8.42. The summed E-state index contributed by atoms with van der Waals surface area (Å²) in [6, 6.07) is 8.92. The molecule has 0 unspecified atom stereocenters. The average Bonchev–Trinajstić information content (AvgIpc) is 2.66. The molecule has 0 bridgehead atoms. The van der Waals surface area contributed by atoms with Gasteiger partial charge in [-0.05, 0) is 42.7 Å². The number of anilines is 1. The fourth-order valence-electron chi connectivity index (χ4n) is 2.82. The van der Waals surface area contributed by atoms with Gasteiger partial charge in [0.25, 0.3) is 5.91 Å². The summed E-state index contributed by atoms with van der Waals surface area (Å²) >= 11 is 6.23. The Bertz CT molecular complexity index is 818. The molecule has 0 atom stereocenters. The first-order valence-electron chi connectivity index (χ1n) is 8.04. The number of halogens is 1. The van der Waals surface area contributed by atoms with Crippen molar-refractivity contribution in [2.75, 3.05) is 11.4 Å². The molecule has 6 heteroatoms. The van der Waals surface area contributed by atoms with Gasteiger partial charge in [-0.25, -0.2) is 4.98 Å². The molecule has 3 rings (SSSR count). The third kappa shape index (κ3) is 3.72. The zero-order chi connectivity index (χ0) is 17.8. The summed E-state index contributed by atoms with van der Waals surface area (Å²) in [6.45, 7) is 4.42. The van der Waals surface area contributed by atoms with Crippen LogP contribution in [0.1, 0.15) is 27.9 Å². The van der Waals surface area contributed by atoms with E-state index in [1.54, 1.807) is 29.3 Å². The molecule has 0 aliphatic carbocycles. The van der Waals surface area contributed by atoms with Crippen molar-refractivity contribution in [1.82, 2.24) is 10.3 Å². The van der Waals surface area contributed by atoms with Crippen molar-refractivity contribution in [3.63, 3.8) is 0 Å². The Morgan fingerprint density at radius 1 is 1.28 bits per heavy atom. The maximum atomic E-state index is 12.9. The van der Waals surface area contributed by atoms with Gasteiger partial charge in [-0.3, -0.25) is 14.5 Å². The van der Waals surface area contributed by atoms with E-state index in [9.17, 15) is 9.59 Å². The highest BCUT2D eigenvalue weighted by Gasteiger charge is 2.26. The highest BCUT2D eigenvalue weighted by atomic mass is 35.5. The van der Waals surface area contributed by atoms with Crippen molar-refractivity contribution in [3.8, 4) is 0 Å². The summed E-state index contributed by atoms with van der Waals surface area (Å²) in [5.74, 6) is 0.316. The van der Waals surface area contributed by atoms with Crippen LogP contribution in [0.4, 0.5) is 5.82 Å². The van der Waals surface area contributed by atoms with Crippen LogP contribution in [0.5, 0.6) is 0 Å². The van der Waals surface area contributed by atoms with E-state index in [2.05, 4.69) is 16.9 Å². The molecule has 128 valence electrons. The molecule has 5 nitrogen and oxygen atoms in total. The summed E-state index contributed by atoms with van der Waals surface area (Å²) < 4.78 is 0. The Balaban J connectivity index is 1.77. The number of carbonyl (C=O) groups excluding carboxylic acids is 2. The number of amides is 2. The molecule has 0 spiro atoms. The van der Waals surface area contributed by atoms with Gasteiger partial charge in [0.1, 0.15) is 5.82 Å². The van der Waals surface area contributed by atoms with Crippen LogP contribution in [-0.2, 0) is 17.8 Å². The minimum atomic E-state index is -0.229. The number of aromatic nitrogens is 1. The van der Waals surface area contributed by atoms with Crippen molar-refractivity contribution in [2.24, 2.45) is 0 Å². The van der Waals surface area contributed by atoms with Crippen LogP contribution < -0.4 is 10.2 Å². The fraction of sp³-hybridized carbons (Fsp3) is 0.211. The normalized spacial score (nSPS) is 13.1. The smallest absolute Gasteiger partial charge is 0.259 e.